The van der Waals surface area contributed by atoms with Gasteiger partial charge >= 0.3 is 5.97 Å². The summed E-state index contributed by atoms with van der Waals surface area (Å²) in [6, 6.07) is 7.42. The van der Waals surface area contributed by atoms with Crippen LogP contribution in [0, 0.1) is 13.8 Å². The van der Waals surface area contributed by atoms with Gasteiger partial charge < -0.3 is 14.4 Å². The molecule has 0 saturated heterocycles. The Morgan fingerprint density at radius 3 is 2.63 bits per heavy atom. The van der Waals surface area contributed by atoms with E-state index in [-0.39, 0.29) is 0 Å². The lowest BCUT2D eigenvalue weighted by atomic mass is 10.0. The number of hydrogen-bond donors (Lipinski definition) is 1. The van der Waals surface area contributed by atoms with Crippen molar-refractivity contribution in [3.63, 3.8) is 0 Å². The van der Waals surface area contributed by atoms with Crippen LogP contribution in [0.25, 0.3) is 22.8 Å². The van der Waals surface area contributed by atoms with Crippen molar-refractivity contribution in [1.29, 1.82) is 0 Å². The third-order valence-corrected chi connectivity index (χ3v) is 5.53. The largest absolute Gasteiger partial charge is 0.480 e. The van der Waals surface area contributed by atoms with Crippen molar-refractivity contribution in [2.24, 2.45) is 0 Å². The summed E-state index contributed by atoms with van der Waals surface area (Å²) in [4.78, 5) is 20.0. The molecule has 0 amide bonds. The van der Waals surface area contributed by atoms with Crippen molar-refractivity contribution in [2.45, 2.75) is 45.4 Å². The molecule has 1 fully saturated rings. The van der Waals surface area contributed by atoms with Gasteiger partial charge in [0.15, 0.2) is 6.61 Å². The summed E-state index contributed by atoms with van der Waals surface area (Å²) >= 11 is 6.29. The van der Waals surface area contributed by atoms with E-state index in [1.807, 2.05) is 19.1 Å². The number of halogens is 1. The molecular formula is C22H22ClN3O4. The number of rotatable bonds is 6. The molecule has 1 aliphatic rings. The Hall–Kier alpha value is -2.93. The van der Waals surface area contributed by atoms with Crippen LogP contribution >= 0.6 is 11.6 Å². The predicted octanol–water partition coefficient (Wildman–Crippen LogP) is 5.19. The van der Waals surface area contributed by atoms with Crippen LogP contribution in [-0.2, 0) is 4.79 Å². The molecule has 0 aliphatic heterocycles. The van der Waals surface area contributed by atoms with Crippen molar-refractivity contribution in [1.82, 2.24) is 15.1 Å². The standard InChI is InChI=1S/C22H22ClN3O4/c1-12-7-15(9-17(23)20(12)29-11-19(27)28)21-25-22(30-26-21)16-8-13(2)24-18(10-16)14-5-3-4-6-14/h7-10,14H,3-6,11H2,1-2H3,(H,27,28). The van der Waals surface area contributed by atoms with E-state index in [0.717, 1.165) is 17.0 Å². The van der Waals surface area contributed by atoms with Gasteiger partial charge in [0.2, 0.25) is 5.82 Å². The lowest BCUT2D eigenvalue weighted by Gasteiger charge is -2.10. The van der Waals surface area contributed by atoms with Gasteiger partial charge in [-0.05, 0) is 56.5 Å². The Balaban J connectivity index is 1.62. The summed E-state index contributed by atoms with van der Waals surface area (Å²) < 4.78 is 10.8. The number of aliphatic carboxylic acids is 1. The van der Waals surface area contributed by atoms with E-state index < -0.39 is 12.6 Å². The van der Waals surface area contributed by atoms with Gasteiger partial charge in [0, 0.05) is 28.4 Å². The van der Waals surface area contributed by atoms with E-state index in [2.05, 4.69) is 10.1 Å². The van der Waals surface area contributed by atoms with Crippen LogP contribution in [0.1, 0.15) is 48.6 Å². The number of ether oxygens (including phenoxy) is 1. The second-order valence-corrected chi connectivity index (χ2v) is 8.02. The Kier molecular flexibility index (Phi) is 5.72. The summed E-state index contributed by atoms with van der Waals surface area (Å²) in [6.45, 7) is 3.29. The van der Waals surface area contributed by atoms with Gasteiger partial charge in [0.1, 0.15) is 5.75 Å². The molecule has 3 aromatic rings. The summed E-state index contributed by atoms with van der Waals surface area (Å²) in [5.74, 6) is 0.580. The van der Waals surface area contributed by atoms with Crippen LogP contribution in [0.5, 0.6) is 5.75 Å². The first-order chi connectivity index (χ1) is 14.4. The van der Waals surface area contributed by atoms with Crippen molar-refractivity contribution >= 4 is 17.6 Å². The summed E-state index contributed by atoms with van der Waals surface area (Å²) in [7, 11) is 0. The average Bonchev–Trinajstić information content (AvgIpc) is 3.39. The lowest BCUT2D eigenvalue weighted by Crippen LogP contribution is -2.10. The van der Waals surface area contributed by atoms with Crippen LogP contribution in [0.15, 0.2) is 28.8 Å². The molecule has 1 saturated carbocycles. The first-order valence-electron chi connectivity index (χ1n) is 9.88. The van der Waals surface area contributed by atoms with Gasteiger partial charge in [-0.2, -0.15) is 4.98 Å². The van der Waals surface area contributed by atoms with Crippen LogP contribution in [-0.4, -0.2) is 32.8 Å². The van der Waals surface area contributed by atoms with Crippen molar-refractivity contribution in [2.75, 3.05) is 6.61 Å². The fraction of sp³-hybridized carbons (Fsp3) is 0.364. The Morgan fingerprint density at radius 1 is 1.17 bits per heavy atom. The predicted molar refractivity (Wildman–Crippen MR) is 112 cm³/mol. The molecule has 2 aromatic heterocycles. The topological polar surface area (TPSA) is 98.3 Å². The second-order valence-electron chi connectivity index (χ2n) is 7.61. The smallest absolute Gasteiger partial charge is 0.341 e. The molecule has 156 valence electrons. The van der Waals surface area contributed by atoms with Crippen LogP contribution in [0.2, 0.25) is 5.02 Å². The number of nitrogens with zero attached hydrogens (tertiary/aromatic N) is 3. The first kappa shape index (κ1) is 20.3. The Bertz CT molecular complexity index is 1070. The number of carbonyl (C=O) groups is 1. The maximum Gasteiger partial charge on any atom is 0.341 e. The Labute approximate surface area is 179 Å². The highest BCUT2D eigenvalue weighted by atomic mass is 35.5. The number of benzene rings is 1. The molecule has 2 heterocycles. The zero-order valence-electron chi connectivity index (χ0n) is 16.8. The van der Waals surface area contributed by atoms with E-state index in [0.29, 0.717) is 39.5 Å². The summed E-state index contributed by atoms with van der Waals surface area (Å²) in [5.41, 5.74) is 4.21. The maximum absolute atomic E-state index is 10.7. The molecule has 0 bridgehead atoms. The highest BCUT2D eigenvalue weighted by Gasteiger charge is 2.21. The molecule has 30 heavy (non-hydrogen) atoms. The van der Waals surface area contributed by atoms with Crippen LogP contribution < -0.4 is 4.74 Å². The van der Waals surface area contributed by atoms with Gasteiger partial charge in [-0.25, -0.2) is 4.79 Å². The molecule has 1 aliphatic carbocycles. The van der Waals surface area contributed by atoms with E-state index in [4.69, 9.17) is 31.0 Å². The monoisotopic (exact) mass is 427 g/mol. The van der Waals surface area contributed by atoms with Crippen LogP contribution in [0.4, 0.5) is 0 Å². The zero-order chi connectivity index (χ0) is 21.3. The van der Waals surface area contributed by atoms with Crippen molar-refractivity contribution in [3.05, 3.63) is 46.2 Å². The highest BCUT2D eigenvalue weighted by Crippen LogP contribution is 2.36. The van der Waals surface area contributed by atoms with Gasteiger partial charge in [0.25, 0.3) is 5.89 Å². The molecule has 7 nitrogen and oxygen atoms in total. The molecule has 0 atom stereocenters. The Morgan fingerprint density at radius 2 is 1.93 bits per heavy atom. The van der Waals surface area contributed by atoms with Gasteiger partial charge in [0.05, 0.1) is 5.02 Å². The number of pyridine rings is 1. The first-order valence-corrected chi connectivity index (χ1v) is 10.3. The minimum Gasteiger partial charge on any atom is -0.480 e. The van der Waals surface area contributed by atoms with Gasteiger partial charge in [-0.3, -0.25) is 4.98 Å². The lowest BCUT2D eigenvalue weighted by molar-refractivity contribution is -0.139. The van der Waals surface area contributed by atoms with E-state index in [1.165, 1.54) is 25.7 Å². The number of aromatic nitrogens is 3. The van der Waals surface area contributed by atoms with Gasteiger partial charge in [-0.15, -0.1) is 0 Å². The van der Waals surface area contributed by atoms with E-state index >= 15 is 0 Å². The van der Waals surface area contributed by atoms with Gasteiger partial charge in [-0.1, -0.05) is 29.6 Å². The molecule has 1 aromatic carbocycles. The van der Waals surface area contributed by atoms with E-state index in [1.54, 1.807) is 19.1 Å². The molecule has 0 radical (unpaired) electrons. The average molecular weight is 428 g/mol. The SMILES string of the molecule is Cc1cc(-c2nc(-c3cc(C)c(OCC(=O)O)c(Cl)c3)no2)cc(C2CCCC2)n1. The normalized spacial score (nSPS) is 14.2. The minimum atomic E-state index is -1.07. The minimum absolute atomic E-state index is 0.292. The third-order valence-electron chi connectivity index (χ3n) is 5.25. The van der Waals surface area contributed by atoms with Crippen molar-refractivity contribution < 1.29 is 19.2 Å². The number of carboxylic acid groups (broad SMARTS) is 1. The number of hydrogen-bond acceptors (Lipinski definition) is 6. The number of carboxylic acids is 1. The summed E-state index contributed by atoms with van der Waals surface area (Å²) in [5, 5.41) is 13.2. The van der Waals surface area contributed by atoms with Crippen molar-refractivity contribution in [3.8, 4) is 28.6 Å². The zero-order valence-corrected chi connectivity index (χ0v) is 17.6. The number of aryl methyl sites for hydroxylation is 2. The highest BCUT2D eigenvalue weighted by molar-refractivity contribution is 6.32. The molecule has 1 N–H and O–H groups in total. The quantitative estimate of drug-likeness (QED) is 0.577. The molecule has 0 spiro atoms. The fourth-order valence-electron chi connectivity index (χ4n) is 3.88. The maximum atomic E-state index is 10.7. The van der Waals surface area contributed by atoms with E-state index in [9.17, 15) is 4.79 Å². The molecular weight excluding hydrogens is 406 g/mol. The second kappa shape index (κ2) is 8.44. The molecule has 0 unspecified atom stereocenters. The molecule has 4 rings (SSSR count). The molecule has 8 heteroatoms. The summed E-state index contributed by atoms with van der Waals surface area (Å²) in [6.07, 6.45) is 4.82. The fourth-order valence-corrected chi connectivity index (χ4v) is 4.20. The third kappa shape index (κ3) is 4.31. The van der Waals surface area contributed by atoms with Crippen LogP contribution in [0.3, 0.4) is 0 Å².